The Balaban J connectivity index is 2.22. The molecular weight excluding hydrogens is 338 g/mol. The van der Waals surface area contributed by atoms with Crippen LogP contribution in [0.1, 0.15) is 21.7 Å². The SMILES string of the molecule is COCCOC(=O)/C(C#N)=C\c1ccc(-c2ccc(C(=O)O)cc2C)o1. The molecule has 0 amide bonds. The van der Waals surface area contributed by atoms with E-state index in [0.717, 1.165) is 11.1 Å². The van der Waals surface area contributed by atoms with Crippen LogP contribution in [0.2, 0.25) is 0 Å². The Bertz CT molecular complexity index is 888. The maximum atomic E-state index is 11.8. The molecule has 0 aliphatic heterocycles. The van der Waals surface area contributed by atoms with Crippen LogP contribution in [0.5, 0.6) is 0 Å². The van der Waals surface area contributed by atoms with E-state index >= 15 is 0 Å². The van der Waals surface area contributed by atoms with Crippen LogP contribution in [0.25, 0.3) is 17.4 Å². The first kappa shape index (κ1) is 19.0. The zero-order valence-electron chi connectivity index (χ0n) is 14.3. The van der Waals surface area contributed by atoms with Crippen LogP contribution in [-0.4, -0.2) is 37.4 Å². The molecule has 0 bridgehead atoms. The van der Waals surface area contributed by atoms with E-state index in [1.165, 1.54) is 19.3 Å². The van der Waals surface area contributed by atoms with Crippen molar-refractivity contribution in [3.05, 3.63) is 52.8 Å². The van der Waals surface area contributed by atoms with Crippen molar-refractivity contribution in [1.29, 1.82) is 5.26 Å². The largest absolute Gasteiger partial charge is 0.478 e. The molecule has 0 aliphatic rings. The Kier molecular flexibility index (Phi) is 6.31. The summed E-state index contributed by atoms with van der Waals surface area (Å²) in [4.78, 5) is 22.8. The highest BCUT2D eigenvalue weighted by Crippen LogP contribution is 2.27. The number of benzene rings is 1. The fraction of sp³-hybridized carbons (Fsp3) is 0.211. The predicted octanol–water partition coefficient (Wildman–Crippen LogP) is 3.05. The molecule has 0 unspecified atom stereocenters. The number of hydrogen-bond donors (Lipinski definition) is 1. The summed E-state index contributed by atoms with van der Waals surface area (Å²) in [7, 11) is 1.48. The minimum absolute atomic E-state index is 0.0485. The number of methoxy groups -OCH3 is 1. The maximum Gasteiger partial charge on any atom is 0.349 e. The second-order valence-corrected chi connectivity index (χ2v) is 5.34. The lowest BCUT2D eigenvalue weighted by Crippen LogP contribution is -2.11. The number of ether oxygens (including phenoxy) is 2. The normalized spacial score (nSPS) is 11.0. The number of esters is 1. The zero-order chi connectivity index (χ0) is 19.1. The summed E-state index contributed by atoms with van der Waals surface area (Å²) >= 11 is 0. The number of carbonyl (C=O) groups excluding carboxylic acids is 1. The van der Waals surface area contributed by atoms with Crippen molar-refractivity contribution in [1.82, 2.24) is 0 Å². The molecule has 134 valence electrons. The number of furan rings is 1. The molecule has 0 fully saturated rings. The van der Waals surface area contributed by atoms with Crippen LogP contribution >= 0.6 is 0 Å². The minimum atomic E-state index is -1.01. The zero-order valence-corrected chi connectivity index (χ0v) is 14.3. The summed E-state index contributed by atoms with van der Waals surface area (Å²) < 4.78 is 15.3. The third-order valence-corrected chi connectivity index (χ3v) is 3.51. The van der Waals surface area contributed by atoms with E-state index in [9.17, 15) is 9.59 Å². The smallest absolute Gasteiger partial charge is 0.349 e. The summed E-state index contributed by atoms with van der Waals surface area (Å²) in [6, 6.07) is 9.75. The lowest BCUT2D eigenvalue weighted by Gasteiger charge is -2.04. The molecule has 2 rings (SSSR count). The number of carboxylic acid groups (broad SMARTS) is 1. The highest BCUT2D eigenvalue weighted by atomic mass is 16.6. The molecule has 2 aromatic rings. The Morgan fingerprint density at radius 3 is 2.65 bits per heavy atom. The van der Waals surface area contributed by atoms with Gasteiger partial charge in [0.15, 0.2) is 0 Å². The third kappa shape index (κ3) is 4.59. The predicted molar refractivity (Wildman–Crippen MR) is 92.3 cm³/mol. The van der Waals surface area contributed by atoms with Crippen LogP contribution in [-0.2, 0) is 14.3 Å². The summed E-state index contributed by atoms with van der Waals surface area (Å²) in [5, 5.41) is 18.1. The molecule has 1 heterocycles. The van der Waals surface area contributed by atoms with E-state index in [1.54, 1.807) is 37.3 Å². The van der Waals surface area contributed by atoms with Crippen molar-refractivity contribution in [3.63, 3.8) is 0 Å². The number of aryl methyl sites for hydroxylation is 1. The van der Waals surface area contributed by atoms with Gasteiger partial charge in [0.25, 0.3) is 0 Å². The Morgan fingerprint density at radius 2 is 2.04 bits per heavy atom. The molecule has 1 N–H and O–H groups in total. The van der Waals surface area contributed by atoms with Crippen molar-refractivity contribution in [2.45, 2.75) is 6.92 Å². The molecule has 0 spiro atoms. The quantitative estimate of drug-likeness (QED) is 0.352. The molecule has 0 saturated heterocycles. The van der Waals surface area contributed by atoms with Crippen LogP contribution in [0.4, 0.5) is 0 Å². The van der Waals surface area contributed by atoms with Crippen LogP contribution in [0, 0.1) is 18.3 Å². The standard InChI is InChI=1S/C19H17NO6/c1-12-9-13(18(21)22)3-5-16(12)17-6-4-15(26-17)10-14(11-20)19(23)25-8-7-24-2/h3-6,9-10H,7-8H2,1-2H3,(H,21,22)/b14-10-. The van der Waals surface area contributed by atoms with Crippen molar-refractivity contribution in [3.8, 4) is 17.4 Å². The van der Waals surface area contributed by atoms with Crippen molar-refractivity contribution in [2.75, 3.05) is 20.3 Å². The van der Waals surface area contributed by atoms with Gasteiger partial charge in [0.05, 0.1) is 12.2 Å². The molecule has 0 saturated carbocycles. The first-order valence-electron chi connectivity index (χ1n) is 7.68. The van der Waals surface area contributed by atoms with Gasteiger partial charge in [-0.1, -0.05) is 6.07 Å². The molecule has 7 heteroatoms. The van der Waals surface area contributed by atoms with Gasteiger partial charge in [0.1, 0.15) is 29.8 Å². The third-order valence-electron chi connectivity index (χ3n) is 3.51. The topological polar surface area (TPSA) is 110 Å². The van der Waals surface area contributed by atoms with Crippen LogP contribution < -0.4 is 0 Å². The van der Waals surface area contributed by atoms with Crippen LogP contribution in [0.3, 0.4) is 0 Å². The van der Waals surface area contributed by atoms with Gasteiger partial charge in [-0.25, -0.2) is 9.59 Å². The Hall–Kier alpha value is -3.37. The average Bonchev–Trinajstić information content (AvgIpc) is 3.07. The molecule has 1 aromatic carbocycles. The van der Waals surface area contributed by atoms with Crippen LogP contribution in [0.15, 0.2) is 40.3 Å². The second kappa shape index (κ2) is 8.65. The first-order chi connectivity index (χ1) is 12.5. The number of hydrogen-bond acceptors (Lipinski definition) is 6. The molecule has 7 nitrogen and oxygen atoms in total. The summed E-state index contributed by atoms with van der Waals surface area (Å²) in [5.41, 5.74) is 1.44. The Labute approximate surface area is 150 Å². The average molecular weight is 355 g/mol. The molecular formula is C19H17NO6. The highest BCUT2D eigenvalue weighted by Gasteiger charge is 2.14. The highest BCUT2D eigenvalue weighted by molar-refractivity contribution is 5.97. The van der Waals surface area contributed by atoms with Gasteiger partial charge in [-0.3, -0.25) is 0 Å². The number of nitrogens with zero attached hydrogens (tertiary/aromatic N) is 1. The maximum absolute atomic E-state index is 11.8. The van der Waals surface area contributed by atoms with Gasteiger partial charge < -0.3 is 19.0 Å². The van der Waals surface area contributed by atoms with E-state index in [-0.39, 0.29) is 24.4 Å². The summed E-state index contributed by atoms with van der Waals surface area (Å²) in [6.45, 7) is 2.06. The lowest BCUT2D eigenvalue weighted by atomic mass is 10.0. The summed E-state index contributed by atoms with van der Waals surface area (Å²) in [5.74, 6) is -0.962. The van der Waals surface area contributed by atoms with E-state index in [4.69, 9.17) is 24.3 Å². The number of carbonyl (C=O) groups is 2. The second-order valence-electron chi connectivity index (χ2n) is 5.34. The van der Waals surface area contributed by atoms with Gasteiger partial charge in [-0.2, -0.15) is 5.26 Å². The van der Waals surface area contributed by atoms with Crippen molar-refractivity contribution in [2.24, 2.45) is 0 Å². The first-order valence-corrected chi connectivity index (χ1v) is 7.68. The number of rotatable bonds is 7. The minimum Gasteiger partial charge on any atom is -0.478 e. The fourth-order valence-corrected chi connectivity index (χ4v) is 2.22. The number of nitriles is 1. The number of carboxylic acids is 1. The van der Waals surface area contributed by atoms with E-state index in [0.29, 0.717) is 11.5 Å². The molecule has 1 aromatic heterocycles. The van der Waals surface area contributed by atoms with E-state index in [2.05, 4.69) is 0 Å². The monoisotopic (exact) mass is 355 g/mol. The van der Waals surface area contributed by atoms with Gasteiger partial charge in [-0.15, -0.1) is 0 Å². The van der Waals surface area contributed by atoms with Gasteiger partial charge >= 0.3 is 11.9 Å². The van der Waals surface area contributed by atoms with E-state index < -0.39 is 11.9 Å². The Morgan fingerprint density at radius 1 is 1.27 bits per heavy atom. The van der Waals surface area contributed by atoms with Gasteiger partial charge in [-0.05, 0) is 36.8 Å². The fourth-order valence-electron chi connectivity index (χ4n) is 2.22. The van der Waals surface area contributed by atoms with Crippen molar-refractivity contribution >= 4 is 18.0 Å². The van der Waals surface area contributed by atoms with Gasteiger partial charge in [0, 0.05) is 18.7 Å². The molecule has 0 radical (unpaired) electrons. The molecule has 0 atom stereocenters. The van der Waals surface area contributed by atoms with Gasteiger partial charge in [0.2, 0.25) is 0 Å². The molecule has 26 heavy (non-hydrogen) atoms. The summed E-state index contributed by atoms with van der Waals surface area (Å²) in [6.07, 6.45) is 1.29. The van der Waals surface area contributed by atoms with E-state index in [1.807, 2.05) is 0 Å². The molecule has 0 aliphatic carbocycles. The lowest BCUT2D eigenvalue weighted by molar-refractivity contribution is -0.139. The van der Waals surface area contributed by atoms with Crippen molar-refractivity contribution < 1.29 is 28.6 Å². The number of aromatic carboxylic acids is 1.